The van der Waals surface area contributed by atoms with Crippen molar-refractivity contribution in [2.75, 3.05) is 11.9 Å². The quantitative estimate of drug-likeness (QED) is 0.805. The van der Waals surface area contributed by atoms with E-state index in [2.05, 4.69) is 24.1 Å². The molecule has 0 saturated carbocycles. The molecule has 0 aliphatic carbocycles. The lowest BCUT2D eigenvalue weighted by Gasteiger charge is -2.10. The van der Waals surface area contributed by atoms with Crippen LogP contribution in [0.5, 0.6) is 5.75 Å². The molecule has 0 bridgehead atoms. The second kappa shape index (κ2) is 7.89. The zero-order valence-corrected chi connectivity index (χ0v) is 13.3. The van der Waals surface area contributed by atoms with Crippen LogP contribution in [0.3, 0.4) is 0 Å². The molecule has 0 unspecified atom stereocenters. The molecule has 3 nitrogen and oxygen atoms in total. The Morgan fingerprint density at radius 1 is 1.19 bits per heavy atom. The SMILES string of the molecule is CCCNc1ccnc(COc2ccc(Cl)c(CC)c2)c1. The largest absolute Gasteiger partial charge is 0.487 e. The van der Waals surface area contributed by atoms with Gasteiger partial charge in [-0.15, -0.1) is 0 Å². The smallest absolute Gasteiger partial charge is 0.130 e. The van der Waals surface area contributed by atoms with Crippen LogP contribution in [0.2, 0.25) is 5.02 Å². The van der Waals surface area contributed by atoms with Crippen molar-refractivity contribution >= 4 is 17.3 Å². The van der Waals surface area contributed by atoms with E-state index in [1.807, 2.05) is 30.3 Å². The van der Waals surface area contributed by atoms with Gasteiger partial charge in [0.25, 0.3) is 0 Å². The van der Waals surface area contributed by atoms with Gasteiger partial charge in [-0.2, -0.15) is 0 Å². The number of halogens is 1. The summed E-state index contributed by atoms with van der Waals surface area (Å²) in [7, 11) is 0. The van der Waals surface area contributed by atoms with E-state index in [1.165, 1.54) is 0 Å². The van der Waals surface area contributed by atoms with Gasteiger partial charge in [0.1, 0.15) is 12.4 Å². The molecule has 0 saturated heterocycles. The van der Waals surface area contributed by atoms with Gasteiger partial charge in [0.05, 0.1) is 5.69 Å². The Morgan fingerprint density at radius 3 is 2.81 bits per heavy atom. The van der Waals surface area contributed by atoms with Gasteiger partial charge in [0.15, 0.2) is 0 Å². The van der Waals surface area contributed by atoms with Gasteiger partial charge in [-0.1, -0.05) is 25.4 Å². The number of nitrogens with one attached hydrogen (secondary N) is 1. The van der Waals surface area contributed by atoms with Crippen molar-refractivity contribution in [1.82, 2.24) is 4.98 Å². The van der Waals surface area contributed by atoms with E-state index in [0.29, 0.717) is 6.61 Å². The Bertz CT molecular complexity index is 587. The lowest BCUT2D eigenvalue weighted by atomic mass is 10.1. The Morgan fingerprint density at radius 2 is 2.05 bits per heavy atom. The molecular formula is C17H21ClN2O. The molecular weight excluding hydrogens is 284 g/mol. The molecule has 4 heteroatoms. The van der Waals surface area contributed by atoms with E-state index in [1.54, 1.807) is 6.20 Å². The first-order valence-electron chi connectivity index (χ1n) is 7.33. The first kappa shape index (κ1) is 15.6. The lowest BCUT2D eigenvalue weighted by molar-refractivity contribution is 0.301. The molecule has 0 aliphatic heterocycles. The Kier molecular flexibility index (Phi) is 5.88. The molecule has 1 aromatic carbocycles. The number of nitrogens with zero attached hydrogens (tertiary/aromatic N) is 1. The molecule has 0 fully saturated rings. The summed E-state index contributed by atoms with van der Waals surface area (Å²) in [4.78, 5) is 4.33. The molecule has 1 aromatic heterocycles. The van der Waals surface area contributed by atoms with Crippen LogP contribution < -0.4 is 10.1 Å². The van der Waals surface area contributed by atoms with Crippen LogP contribution >= 0.6 is 11.6 Å². The second-order valence-corrected chi connectivity index (χ2v) is 5.27. The number of benzene rings is 1. The summed E-state index contributed by atoms with van der Waals surface area (Å²) in [5.41, 5.74) is 3.08. The van der Waals surface area contributed by atoms with Crippen LogP contribution in [0.25, 0.3) is 0 Å². The fourth-order valence-corrected chi connectivity index (χ4v) is 2.26. The number of anilines is 1. The number of hydrogen-bond donors (Lipinski definition) is 1. The Hall–Kier alpha value is -1.74. The molecule has 0 aliphatic rings. The van der Waals surface area contributed by atoms with Gasteiger partial charge in [-0.05, 0) is 48.7 Å². The highest BCUT2D eigenvalue weighted by Crippen LogP contribution is 2.23. The number of aromatic nitrogens is 1. The number of aryl methyl sites for hydroxylation is 1. The van der Waals surface area contributed by atoms with Crippen molar-refractivity contribution in [3.63, 3.8) is 0 Å². The normalized spacial score (nSPS) is 10.4. The van der Waals surface area contributed by atoms with Gasteiger partial charge >= 0.3 is 0 Å². The second-order valence-electron chi connectivity index (χ2n) is 4.86. The average Bonchev–Trinajstić information content (AvgIpc) is 2.52. The summed E-state index contributed by atoms with van der Waals surface area (Å²) in [5, 5.41) is 4.13. The minimum atomic E-state index is 0.451. The minimum absolute atomic E-state index is 0.451. The third-order valence-corrected chi connectivity index (χ3v) is 3.55. The predicted octanol–water partition coefficient (Wildman–Crippen LogP) is 4.70. The van der Waals surface area contributed by atoms with E-state index < -0.39 is 0 Å². The molecule has 0 amide bonds. The van der Waals surface area contributed by atoms with Crippen LogP contribution in [0.15, 0.2) is 36.5 Å². The maximum absolute atomic E-state index is 6.11. The Balaban J connectivity index is 1.99. The highest BCUT2D eigenvalue weighted by molar-refractivity contribution is 6.31. The molecule has 2 aromatic rings. The zero-order valence-electron chi connectivity index (χ0n) is 12.5. The van der Waals surface area contributed by atoms with Gasteiger partial charge in [-0.25, -0.2) is 0 Å². The number of pyridine rings is 1. The van der Waals surface area contributed by atoms with Crippen LogP contribution in [0.1, 0.15) is 31.5 Å². The van der Waals surface area contributed by atoms with Crippen LogP contribution in [0, 0.1) is 0 Å². The van der Waals surface area contributed by atoms with E-state index in [0.717, 1.165) is 47.1 Å². The first-order chi connectivity index (χ1) is 10.2. The summed E-state index contributed by atoms with van der Waals surface area (Å²) >= 11 is 6.11. The molecule has 1 heterocycles. The average molecular weight is 305 g/mol. The number of ether oxygens (including phenoxy) is 1. The number of rotatable bonds is 7. The van der Waals surface area contributed by atoms with Crippen molar-refractivity contribution in [2.45, 2.75) is 33.3 Å². The third kappa shape index (κ3) is 4.64. The van der Waals surface area contributed by atoms with Crippen molar-refractivity contribution in [2.24, 2.45) is 0 Å². The maximum Gasteiger partial charge on any atom is 0.130 e. The molecule has 1 N–H and O–H groups in total. The van der Waals surface area contributed by atoms with E-state index in [4.69, 9.17) is 16.3 Å². The van der Waals surface area contributed by atoms with Crippen LogP contribution in [0.4, 0.5) is 5.69 Å². The van der Waals surface area contributed by atoms with Gasteiger partial charge in [-0.3, -0.25) is 4.98 Å². The third-order valence-electron chi connectivity index (χ3n) is 3.18. The first-order valence-corrected chi connectivity index (χ1v) is 7.70. The standard InChI is InChI=1S/C17H21ClN2O/c1-3-8-19-14-7-9-20-15(11-14)12-21-16-5-6-17(18)13(4-2)10-16/h5-7,9-11H,3-4,8,12H2,1-2H3,(H,19,20). The van der Waals surface area contributed by atoms with E-state index in [9.17, 15) is 0 Å². The number of hydrogen-bond acceptors (Lipinski definition) is 3. The summed E-state index contributed by atoms with van der Waals surface area (Å²) in [6.07, 6.45) is 3.79. The highest BCUT2D eigenvalue weighted by Gasteiger charge is 2.03. The zero-order chi connectivity index (χ0) is 15.1. The summed E-state index contributed by atoms with van der Waals surface area (Å²) in [5.74, 6) is 0.824. The summed E-state index contributed by atoms with van der Waals surface area (Å²) in [6.45, 7) is 5.63. The fourth-order valence-electron chi connectivity index (χ4n) is 2.01. The van der Waals surface area contributed by atoms with Crippen LogP contribution in [-0.2, 0) is 13.0 Å². The molecule has 2 rings (SSSR count). The lowest BCUT2D eigenvalue weighted by Crippen LogP contribution is -2.03. The molecule has 0 spiro atoms. The van der Waals surface area contributed by atoms with Crippen LogP contribution in [-0.4, -0.2) is 11.5 Å². The molecule has 0 atom stereocenters. The molecule has 0 radical (unpaired) electrons. The van der Waals surface area contributed by atoms with Crippen molar-refractivity contribution in [3.8, 4) is 5.75 Å². The minimum Gasteiger partial charge on any atom is -0.487 e. The van der Waals surface area contributed by atoms with Crippen molar-refractivity contribution < 1.29 is 4.74 Å². The van der Waals surface area contributed by atoms with Gasteiger partial charge in [0, 0.05) is 23.5 Å². The van der Waals surface area contributed by atoms with E-state index >= 15 is 0 Å². The summed E-state index contributed by atoms with van der Waals surface area (Å²) in [6, 6.07) is 9.74. The van der Waals surface area contributed by atoms with Crippen molar-refractivity contribution in [1.29, 1.82) is 0 Å². The van der Waals surface area contributed by atoms with Gasteiger partial charge < -0.3 is 10.1 Å². The van der Waals surface area contributed by atoms with E-state index in [-0.39, 0.29) is 0 Å². The van der Waals surface area contributed by atoms with Crippen molar-refractivity contribution in [3.05, 3.63) is 52.8 Å². The Labute approximate surface area is 131 Å². The highest BCUT2D eigenvalue weighted by atomic mass is 35.5. The summed E-state index contributed by atoms with van der Waals surface area (Å²) < 4.78 is 5.80. The topological polar surface area (TPSA) is 34.2 Å². The molecule has 21 heavy (non-hydrogen) atoms. The maximum atomic E-state index is 6.11. The predicted molar refractivity (Wildman–Crippen MR) is 88.2 cm³/mol. The van der Waals surface area contributed by atoms with Gasteiger partial charge in [0.2, 0.25) is 0 Å². The fraction of sp³-hybridized carbons (Fsp3) is 0.353. The molecule has 112 valence electrons. The monoisotopic (exact) mass is 304 g/mol.